The highest BCUT2D eigenvalue weighted by molar-refractivity contribution is 7.13. The van der Waals surface area contributed by atoms with Crippen LogP contribution in [0.1, 0.15) is 0 Å². The smallest absolute Gasteiger partial charge is 0.195 e. The van der Waals surface area contributed by atoms with Crippen LogP contribution in [-0.4, -0.2) is 31.2 Å². The van der Waals surface area contributed by atoms with E-state index in [1.54, 1.807) is 13.3 Å². The molecule has 0 spiro atoms. The number of guanidine groups is 1. The van der Waals surface area contributed by atoms with Crippen LogP contribution >= 0.6 is 11.3 Å². The van der Waals surface area contributed by atoms with Crippen molar-refractivity contribution in [1.29, 1.82) is 0 Å². The number of aliphatic imine (C=N–C) groups is 1. The maximum absolute atomic E-state index is 5.56. The lowest BCUT2D eigenvalue weighted by Gasteiger charge is -2.00. The fourth-order valence-electron chi connectivity index (χ4n) is 0.692. The van der Waals surface area contributed by atoms with Gasteiger partial charge in [0.25, 0.3) is 0 Å². The van der Waals surface area contributed by atoms with Crippen molar-refractivity contribution >= 4 is 22.4 Å². The lowest BCUT2D eigenvalue weighted by atomic mass is 10.7. The van der Waals surface area contributed by atoms with E-state index in [9.17, 15) is 0 Å². The van der Waals surface area contributed by atoms with Crippen LogP contribution in [0, 0.1) is 0 Å². The second-order valence-corrected chi connectivity index (χ2v) is 3.12. The van der Waals surface area contributed by atoms with Crippen LogP contribution < -0.4 is 11.1 Å². The molecule has 1 rings (SSSR count). The van der Waals surface area contributed by atoms with Gasteiger partial charge in [-0.25, -0.2) is 4.98 Å². The van der Waals surface area contributed by atoms with E-state index in [-0.39, 0.29) is 0 Å². The standard InChI is InChI=1S/C7H12N4OS/c1-12-4-2-9-6(8)11-7-10-3-5-13-7/h3,5H,2,4H2,1H3,(H3,8,9,10,11). The number of rotatable bonds is 4. The molecule has 1 aromatic rings. The molecule has 0 saturated carbocycles. The summed E-state index contributed by atoms with van der Waals surface area (Å²) in [6.07, 6.45) is 1.70. The van der Waals surface area contributed by atoms with Crippen molar-refractivity contribution < 1.29 is 4.74 Å². The van der Waals surface area contributed by atoms with Crippen LogP contribution in [0.5, 0.6) is 0 Å². The van der Waals surface area contributed by atoms with E-state index >= 15 is 0 Å². The molecule has 1 aromatic heterocycles. The summed E-state index contributed by atoms with van der Waals surface area (Å²) in [5.74, 6) is 0.368. The fraction of sp³-hybridized carbons (Fsp3) is 0.429. The Balaban J connectivity index is 2.32. The van der Waals surface area contributed by atoms with Gasteiger partial charge in [0.05, 0.1) is 13.2 Å². The zero-order valence-electron chi connectivity index (χ0n) is 7.36. The molecule has 13 heavy (non-hydrogen) atoms. The van der Waals surface area contributed by atoms with Crippen molar-refractivity contribution in [1.82, 2.24) is 4.98 Å². The Bertz CT molecular complexity index is 259. The zero-order valence-corrected chi connectivity index (χ0v) is 8.17. The second-order valence-electron chi connectivity index (χ2n) is 2.22. The van der Waals surface area contributed by atoms with Gasteiger partial charge in [0.2, 0.25) is 0 Å². The molecule has 72 valence electrons. The molecule has 6 heteroatoms. The first-order valence-electron chi connectivity index (χ1n) is 3.78. The molecule has 3 N–H and O–H groups in total. The maximum atomic E-state index is 5.56. The predicted molar refractivity (Wildman–Crippen MR) is 54.1 cm³/mol. The number of aromatic nitrogens is 1. The van der Waals surface area contributed by atoms with E-state index < -0.39 is 0 Å². The van der Waals surface area contributed by atoms with Gasteiger partial charge in [-0.3, -0.25) is 4.99 Å². The monoisotopic (exact) mass is 200 g/mol. The number of hydrogen-bond donors (Lipinski definition) is 2. The average Bonchev–Trinajstić information content (AvgIpc) is 2.57. The molecule has 1 heterocycles. The van der Waals surface area contributed by atoms with Gasteiger partial charge in [-0.1, -0.05) is 0 Å². The maximum Gasteiger partial charge on any atom is 0.195 e. The molecule has 0 saturated heterocycles. The van der Waals surface area contributed by atoms with Gasteiger partial charge >= 0.3 is 0 Å². The first-order valence-corrected chi connectivity index (χ1v) is 4.66. The number of nitrogens with one attached hydrogen (secondary N) is 1. The molecule has 0 amide bonds. The van der Waals surface area contributed by atoms with Gasteiger partial charge in [-0.05, 0) is 0 Å². The molecule has 0 unspecified atom stereocenters. The first-order chi connectivity index (χ1) is 6.33. The number of nitrogens with zero attached hydrogens (tertiary/aromatic N) is 2. The predicted octanol–water partition coefficient (Wildman–Crippen LogP) is 0.516. The highest BCUT2D eigenvalue weighted by Crippen LogP contribution is 2.08. The minimum atomic E-state index is 0.368. The number of anilines is 1. The molecule has 0 aliphatic heterocycles. The summed E-state index contributed by atoms with van der Waals surface area (Å²) in [6, 6.07) is 0. The van der Waals surface area contributed by atoms with Crippen LogP contribution in [0.3, 0.4) is 0 Å². The Labute approximate surface area is 80.6 Å². The third-order valence-electron chi connectivity index (χ3n) is 1.24. The summed E-state index contributed by atoms with van der Waals surface area (Å²) in [6.45, 7) is 1.13. The molecule has 0 aliphatic carbocycles. The highest BCUT2D eigenvalue weighted by atomic mass is 32.1. The van der Waals surface area contributed by atoms with Gasteiger partial charge in [-0.15, -0.1) is 11.3 Å². The molecule has 5 nitrogen and oxygen atoms in total. The molecular weight excluding hydrogens is 188 g/mol. The fourth-order valence-corrected chi connectivity index (χ4v) is 1.23. The molecular formula is C7H12N4OS. The zero-order chi connectivity index (χ0) is 9.52. The summed E-state index contributed by atoms with van der Waals surface area (Å²) in [4.78, 5) is 8.01. The van der Waals surface area contributed by atoms with Crippen LogP contribution in [0.4, 0.5) is 5.13 Å². The quantitative estimate of drug-likeness (QED) is 0.422. The summed E-state index contributed by atoms with van der Waals surface area (Å²) in [5.41, 5.74) is 5.56. The molecule has 0 aromatic carbocycles. The lowest BCUT2D eigenvalue weighted by molar-refractivity contribution is 0.208. The third-order valence-corrected chi connectivity index (χ3v) is 1.93. The Kier molecular flexibility index (Phi) is 4.20. The minimum Gasteiger partial charge on any atom is -0.383 e. The van der Waals surface area contributed by atoms with Gasteiger partial charge < -0.3 is 15.8 Å². The average molecular weight is 200 g/mol. The SMILES string of the molecule is COCCN=C(N)Nc1nccs1. The van der Waals surface area contributed by atoms with E-state index in [0.29, 0.717) is 19.1 Å². The topological polar surface area (TPSA) is 72.5 Å². The van der Waals surface area contributed by atoms with Gasteiger partial charge in [-0.2, -0.15) is 0 Å². The minimum absolute atomic E-state index is 0.368. The second kappa shape index (κ2) is 5.50. The first kappa shape index (κ1) is 9.94. The summed E-state index contributed by atoms with van der Waals surface area (Å²) >= 11 is 1.48. The van der Waals surface area contributed by atoms with Gasteiger partial charge in [0.15, 0.2) is 11.1 Å². The van der Waals surface area contributed by atoms with E-state index in [1.165, 1.54) is 11.3 Å². The number of ether oxygens (including phenoxy) is 1. The van der Waals surface area contributed by atoms with Crippen LogP contribution in [0.15, 0.2) is 16.6 Å². The highest BCUT2D eigenvalue weighted by Gasteiger charge is 1.95. The van der Waals surface area contributed by atoms with Crippen LogP contribution in [0.25, 0.3) is 0 Å². The Hall–Kier alpha value is -1.14. The van der Waals surface area contributed by atoms with Crippen molar-refractivity contribution in [2.24, 2.45) is 10.7 Å². The Morgan fingerprint density at radius 1 is 1.85 bits per heavy atom. The molecule has 0 bridgehead atoms. The van der Waals surface area contributed by atoms with E-state index in [4.69, 9.17) is 10.5 Å². The van der Waals surface area contributed by atoms with E-state index in [1.807, 2.05) is 5.38 Å². The normalized spacial score (nSPS) is 11.6. The Morgan fingerprint density at radius 3 is 3.31 bits per heavy atom. The molecule has 0 fully saturated rings. The van der Waals surface area contributed by atoms with E-state index in [2.05, 4.69) is 15.3 Å². The number of nitrogens with two attached hydrogens (primary N) is 1. The van der Waals surface area contributed by atoms with Crippen molar-refractivity contribution in [3.63, 3.8) is 0 Å². The van der Waals surface area contributed by atoms with Crippen molar-refractivity contribution in [3.8, 4) is 0 Å². The number of hydrogen-bond acceptors (Lipinski definition) is 4. The molecule has 0 radical (unpaired) electrons. The van der Waals surface area contributed by atoms with Crippen LogP contribution in [-0.2, 0) is 4.74 Å². The summed E-state index contributed by atoms with van der Waals surface area (Å²) in [5, 5.41) is 5.47. The molecule has 0 aliphatic rings. The van der Waals surface area contributed by atoms with Gasteiger partial charge in [0, 0.05) is 18.7 Å². The largest absolute Gasteiger partial charge is 0.383 e. The number of thiazole rings is 1. The van der Waals surface area contributed by atoms with Crippen molar-refractivity contribution in [2.75, 3.05) is 25.6 Å². The Morgan fingerprint density at radius 2 is 2.69 bits per heavy atom. The lowest BCUT2D eigenvalue weighted by Crippen LogP contribution is -2.23. The molecule has 0 atom stereocenters. The van der Waals surface area contributed by atoms with Gasteiger partial charge in [0.1, 0.15) is 0 Å². The van der Waals surface area contributed by atoms with Crippen molar-refractivity contribution in [2.45, 2.75) is 0 Å². The number of methoxy groups -OCH3 is 1. The summed E-state index contributed by atoms with van der Waals surface area (Å²) in [7, 11) is 1.62. The van der Waals surface area contributed by atoms with E-state index in [0.717, 1.165) is 5.13 Å². The third kappa shape index (κ3) is 3.86. The van der Waals surface area contributed by atoms with Crippen molar-refractivity contribution in [3.05, 3.63) is 11.6 Å². The summed E-state index contributed by atoms with van der Waals surface area (Å²) < 4.78 is 4.82. The van der Waals surface area contributed by atoms with Crippen LogP contribution in [0.2, 0.25) is 0 Å².